The zero-order valence-corrected chi connectivity index (χ0v) is 20.6. The minimum atomic E-state index is -3.64. The fraction of sp³-hybridized carbons (Fsp3) is 0.435. The van der Waals surface area contributed by atoms with Gasteiger partial charge < -0.3 is 10.1 Å². The lowest BCUT2D eigenvalue weighted by Gasteiger charge is -2.30. The summed E-state index contributed by atoms with van der Waals surface area (Å²) in [5.74, 6) is 0.0583. The first-order chi connectivity index (χ1) is 16.2. The number of anilines is 1. The van der Waals surface area contributed by atoms with E-state index in [-0.39, 0.29) is 34.7 Å². The second-order valence-corrected chi connectivity index (χ2v) is 12.4. The first kappa shape index (κ1) is 24.6. The number of nitrogens with one attached hydrogen (secondary N) is 1. The molecule has 9 nitrogen and oxygen atoms in total. The van der Waals surface area contributed by atoms with Gasteiger partial charge in [-0.2, -0.15) is 8.61 Å². The third-order valence-corrected chi connectivity index (χ3v) is 10.2. The normalized spacial score (nSPS) is 18.6. The van der Waals surface area contributed by atoms with Crippen molar-refractivity contribution in [1.29, 1.82) is 0 Å². The van der Waals surface area contributed by atoms with E-state index in [0.717, 1.165) is 12.8 Å². The van der Waals surface area contributed by atoms with Gasteiger partial charge in [0, 0.05) is 37.8 Å². The lowest BCUT2D eigenvalue weighted by atomic mass is 9.97. The van der Waals surface area contributed by atoms with E-state index in [9.17, 15) is 21.6 Å². The van der Waals surface area contributed by atoms with Crippen LogP contribution in [0.15, 0.2) is 58.3 Å². The lowest BCUT2D eigenvalue weighted by Crippen LogP contribution is -2.41. The summed E-state index contributed by atoms with van der Waals surface area (Å²) in [5, 5.41) is 2.83. The van der Waals surface area contributed by atoms with Gasteiger partial charge in [0.15, 0.2) is 0 Å². The van der Waals surface area contributed by atoms with Crippen LogP contribution in [0.4, 0.5) is 5.69 Å². The summed E-state index contributed by atoms with van der Waals surface area (Å²) in [4.78, 5) is 13.1. The molecule has 0 atom stereocenters. The van der Waals surface area contributed by atoms with E-state index in [2.05, 4.69) is 5.32 Å². The van der Waals surface area contributed by atoms with Gasteiger partial charge in [-0.3, -0.25) is 4.79 Å². The highest BCUT2D eigenvalue weighted by Gasteiger charge is 2.32. The molecule has 0 saturated carbocycles. The Hall–Kier alpha value is -2.47. The zero-order chi connectivity index (χ0) is 24.3. The van der Waals surface area contributed by atoms with E-state index in [4.69, 9.17) is 4.74 Å². The minimum absolute atomic E-state index is 0.195. The fourth-order valence-corrected chi connectivity index (χ4v) is 7.27. The van der Waals surface area contributed by atoms with Crippen LogP contribution in [0.25, 0.3) is 0 Å². The Labute approximate surface area is 200 Å². The Morgan fingerprint density at radius 3 is 1.76 bits per heavy atom. The van der Waals surface area contributed by atoms with Gasteiger partial charge in [0.05, 0.1) is 16.9 Å². The standard InChI is InChI=1S/C23H29N3O6S2/c1-32-20-6-10-22(11-7-20)34(30,31)26-16-12-18(13-17-26)23(27)24-19-4-8-21(9-5-19)33(28,29)25-14-2-3-15-25/h4-11,18H,2-3,12-17H2,1H3,(H,24,27). The minimum Gasteiger partial charge on any atom is -0.497 e. The molecule has 2 heterocycles. The number of hydrogen-bond acceptors (Lipinski definition) is 6. The molecule has 2 aromatic carbocycles. The van der Waals surface area contributed by atoms with Crippen LogP contribution in [0.1, 0.15) is 25.7 Å². The summed E-state index contributed by atoms with van der Waals surface area (Å²) in [6, 6.07) is 12.4. The van der Waals surface area contributed by atoms with Gasteiger partial charge in [-0.1, -0.05) is 0 Å². The summed E-state index contributed by atoms with van der Waals surface area (Å²) < 4.78 is 59.0. The Morgan fingerprint density at radius 2 is 1.26 bits per heavy atom. The van der Waals surface area contributed by atoms with Gasteiger partial charge in [-0.25, -0.2) is 16.8 Å². The van der Waals surface area contributed by atoms with Gasteiger partial charge in [-0.05, 0) is 74.2 Å². The van der Waals surface area contributed by atoms with Crippen molar-refractivity contribution in [2.45, 2.75) is 35.5 Å². The lowest BCUT2D eigenvalue weighted by molar-refractivity contribution is -0.120. The molecule has 2 fully saturated rings. The Balaban J connectivity index is 1.33. The molecule has 1 amide bonds. The molecule has 0 aromatic heterocycles. The van der Waals surface area contributed by atoms with E-state index in [0.29, 0.717) is 37.4 Å². The summed E-state index contributed by atoms with van der Waals surface area (Å²) in [5.41, 5.74) is 0.513. The molecule has 2 aliphatic rings. The number of piperidine rings is 1. The Kier molecular flexibility index (Phi) is 7.27. The maximum atomic E-state index is 12.9. The maximum absolute atomic E-state index is 12.9. The van der Waals surface area contributed by atoms with Crippen LogP contribution >= 0.6 is 0 Å². The molecule has 0 aliphatic carbocycles. The summed E-state index contributed by atoms with van der Waals surface area (Å²) in [6.07, 6.45) is 2.55. The largest absolute Gasteiger partial charge is 0.497 e. The van der Waals surface area contributed by atoms with Crippen LogP contribution in [0.5, 0.6) is 5.75 Å². The van der Waals surface area contributed by atoms with Crippen LogP contribution in [0.3, 0.4) is 0 Å². The quantitative estimate of drug-likeness (QED) is 0.616. The molecule has 2 aliphatic heterocycles. The smallest absolute Gasteiger partial charge is 0.243 e. The molecule has 0 bridgehead atoms. The fourth-order valence-electron chi connectivity index (χ4n) is 4.29. The first-order valence-corrected chi connectivity index (χ1v) is 14.1. The van der Waals surface area contributed by atoms with Crippen LogP contribution in [0.2, 0.25) is 0 Å². The molecule has 4 rings (SSSR count). The summed E-state index contributed by atoms with van der Waals surface area (Å²) in [6.45, 7) is 1.57. The van der Waals surface area contributed by atoms with Gasteiger partial charge in [0.25, 0.3) is 0 Å². The predicted octanol–water partition coefficient (Wildman–Crippen LogP) is 2.52. The average Bonchev–Trinajstić information content (AvgIpc) is 3.41. The molecule has 2 saturated heterocycles. The number of benzene rings is 2. The number of ether oxygens (including phenoxy) is 1. The van der Waals surface area contributed by atoms with E-state index in [1.165, 1.54) is 40.0 Å². The molecule has 1 N–H and O–H groups in total. The third-order valence-electron chi connectivity index (χ3n) is 6.35. The number of methoxy groups -OCH3 is 1. The topological polar surface area (TPSA) is 113 Å². The number of rotatable bonds is 7. The first-order valence-electron chi connectivity index (χ1n) is 11.3. The van der Waals surface area contributed by atoms with Crippen molar-refractivity contribution in [3.63, 3.8) is 0 Å². The van der Waals surface area contributed by atoms with E-state index >= 15 is 0 Å². The van der Waals surface area contributed by atoms with Crippen LogP contribution in [-0.4, -0.2) is 64.6 Å². The van der Waals surface area contributed by atoms with E-state index < -0.39 is 20.0 Å². The van der Waals surface area contributed by atoms with Crippen molar-refractivity contribution in [1.82, 2.24) is 8.61 Å². The molecule has 0 spiro atoms. The Bertz CT molecular complexity index is 1210. The summed E-state index contributed by atoms with van der Waals surface area (Å²) in [7, 11) is -5.62. The molecule has 0 unspecified atom stereocenters. The predicted molar refractivity (Wildman–Crippen MR) is 128 cm³/mol. The van der Waals surface area contributed by atoms with E-state index in [1.54, 1.807) is 24.3 Å². The van der Waals surface area contributed by atoms with Crippen molar-refractivity contribution >= 4 is 31.6 Å². The second kappa shape index (κ2) is 10.0. The molecule has 2 aromatic rings. The van der Waals surface area contributed by atoms with E-state index in [1.807, 2.05) is 0 Å². The van der Waals surface area contributed by atoms with Crippen LogP contribution in [0, 0.1) is 5.92 Å². The van der Waals surface area contributed by atoms with Gasteiger partial charge in [0.1, 0.15) is 5.75 Å². The molecule has 34 heavy (non-hydrogen) atoms. The molecule has 184 valence electrons. The average molecular weight is 508 g/mol. The zero-order valence-electron chi connectivity index (χ0n) is 19.0. The third kappa shape index (κ3) is 5.12. The molecule has 11 heteroatoms. The number of carbonyl (C=O) groups is 1. The summed E-state index contributed by atoms with van der Waals surface area (Å²) >= 11 is 0. The number of hydrogen-bond donors (Lipinski definition) is 1. The van der Waals surface area contributed by atoms with Crippen LogP contribution < -0.4 is 10.1 Å². The highest BCUT2D eigenvalue weighted by Crippen LogP contribution is 2.27. The van der Waals surface area contributed by atoms with Gasteiger partial charge in [-0.15, -0.1) is 0 Å². The van der Waals surface area contributed by atoms with Gasteiger partial charge >= 0.3 is 0 Å². The molecular weight excluding hydrogens is 478 g/mol. The number of sulfonamides is 2. The second-order valence-electron chi connectivity index (χ2n) is 8.48. The van der Waals surface area contributed by atoms with Crippen LogP contribution in [-0.2, 0) is 24.8 Å². The number of nitrogens with zero attached hydrogens (tertiary/aromatic N) is 2. The van der Waals surface area contributed by atoms with Crippen molar-refractivity contribution in [2.24, 2.45) is 5.92 Å². The van der Waals surface area contributed by atoms with Crippen molar-refractivity contribution < 1.29 is 26.4 Å². The van der Waals surface area contributed by atoms with Crippen molar-refractivity contribution in [3.05, 3.63) is 48.5 Å². The highest BCUT2D eigenvalue weighted by molar-refractivity contribution is 7.89. The Morgan fingerprint density at radius 1 is 0.794 bits per heavy atom. The van der Waals surface area contributed by atoms with Crippen molar-refractivity contribution in [3.8, 4) is 5.75 Å². The van der Waals surface area contributed by atoms with Crippen molar-refractivity contribution in [2.75, 3.05) is 38.6 Å². The molecule has 0 radical (unpaired) electrons. The SMILES string of the molecule is COc1ccc(S(=O)(=O)N2CCC(C(=O)Nc3ccc(S(=O)(=O)N4CCCC4)cc3)CC2)cc1. The number of amides is 1. The monoisotopic (exact) mass is 507 g/mol. The molecular formula is C23H29N3O6S2. The number of carbonyl (C=O) groups excluding carboxylic acids is 1. The highest BCUT2D eigenvalue weighted by atomic mass is 32.2. The maximum Gasteiger partial charge on any atom is 0.243 e. The van der Waals surface area contributed by atoms with Gasteiger partial charge in [0.2, 0.25) is 26.0 Å².